The van der Waals surface area contributed by atoms with Gasteiger partial charge in [-0.1, -0.05) is 12.1 Å². The van der Waals surface area contributed by atoms with Crippen molar-refractivity contribution >= 4 is 5.91 Å². The first-order chi connectivity index (χ1) is 9.16. The van der Waals surface area contributed by atoms with Crippen molar-refractivity contribution in [2.24, 2.45) is 0 Å². The third-order valence-corrected chi connectivity index (χ3v) is 2.98. The number of carbonyl (C=O) groups excluding carboxylic acids is 1. The summed E-state index contributed by atoms with van der Waals surface area (Å²) in [5.41, 5.74) is 0.133. The number of benzene rings is 1. The highest BCUT2D eigenvalue weighted by Gasteiger charge is 2.19. The number of amides is 1. The summed E-state index contributed by atoms with van der Waals surface area (Å²) >= 11 is 0. The zero-order chi connectivity index (χ0) is 13.7. The molecule has 1 aromatic carbocycles. The molecule has 0 bridgehead atoms. The number of carbonyl (C=O) groups is 1. The zero-order valence-electron chi connectivity index (χ0n) is 10.4. The third-order valence-electron chi connectivity index (χ3n) is 2.98. The smallest absolute Gasteiger partial charge is 0.387 e. The van der Waals surface area contributed by atoms with E-state index >= 15 is 0 Å². The molecule has 4 nitrogen and oxygen atoms in total. The van der Waals surface area contributed by atoms with Gasteiger partial charge in [-0.15, -0.1) is 0 Å². The van der Waals surface area contributed by atoms with Gasteiger partial charge in [-0.2, -0.15) is 8.78 Å². The molecule has 1 heterocycles. The maximum Gasteiger partial charge on any atom is 0.387 e. The molecule has 1 saturated heterocycles. The molecule has 1 aromatic rings. The van der Waals surface area contributed by atoms with Crippen LogP contribution in [-0.2, 0) is 0 Å². The molecule has 0 saturated carbocycles. The van der Waals surface area contributed by atoms with Crippen LogP contribution in [0, 0.1) is 0 Å². The number of para-hydroxylation sites is 1. The molecule has 2 rings (SSSR count). The van der Waals surface area contributed by atoms with E-state index in [-0.39, 0.29) is 23.3 Å². The molecule has 1 aliphatic rings. The summed E-state index contributed by atoms with van der Waals surface area (Å²) in [5, 5.41) is 5.99. The first-order valence-electron chi connectivity index (χ1n) is 6.22. The Morgan fingerprint density at radius 2 is 2.21 bits per heavy atom. The molecule has 0 aromatic heterocycles. The molecule has 104 valence electrons. The van der Waals surface area contributed by atoms with Crippen molar-refractivity contribution in [2.45, 2.75) is 25.5 Å². The van der Waals surface area contributed by atoms with E-state index in [9.17, 15) is 13.6 Å². The maximum absolute atomic E-state index is 12.3. The van der Waals surface area contributed by atoms with E-state index in [1.165, 1.54) is 12.1 Å². The summed E-state index contributed by atoms with van der Waals surface area (Å²) in [6.45, 7) is -1.30. The number of piperidine rings is 1. The van der Waals surface area contributed by atoms with Crippen LogP contribution >= 0.6 is 0 Å². The normalized spacial score (nSPS) is 19.2. The molecule has 0 aliphatic carbocycles. The Labute approximate surface area is 110 Å². The summed E-state index contributed by atoms with van der Waals surface area (Å²) in [4.78, 5) is 12.1. The Hall–Kier alpha value is -1.69. The van der Waals surface area contributed by atoms with Crippen molar-refractivity contribution in [3.8, 4) is 5.75 Å². The molecule has 1 amide bonds. The number of alkyl halides is 2. The van der Waals surface area contributed by atoms with Crippen molar-refractivity contribution in [3.63, 3.8) is 0 Å². The molecular formula is C13H16F2N2O2. The fourth-order valence-electron chi connectivity index (χ4n) is 2.09. The van der Waals surface area contributed by atoms with E-state index in [0.29, 0.717) is 6.54 Å². The Morgan fingerprint density at radius 1 is 1.42 bits per heavy atom. The highest BCUT2D eigenvalue weighted by Crippen LogP contribution is 2.20. The molecule has 19 heavy (non-hydrogen) atoms. The van der Waals surface area contributed by atoms with Crippen molar-refractivity contribution < 1.29 is 18.3 Å². The van der Waals surface area contributed by atoms with Crippen LogP contribution in [0.2, 0.25) is 0 Å². The fourth-order valence-corrected chi connectivity index (χ4v) is 2.09. The van der Waals surface area contributed by atoms with E-state index in [1.54, 1.807) is 12.1 Å². The van der Waals surface area contributed by atoms with Gasteiger partial charge < -0.3 is 15.4 Å². The lowest BCUT2D eigenvalue weighted by Gasteiger charge is -2.24. The van der Waals surface area contributed by atoms with Crippen LogP contribution < -0.4 is 15.4 Å². The lowest BCUT2D eigenvalue weighted by Crippen LogP contribution is -2.45. The number of rotatable bonds is 4. The number of hydrogen-bond acceptors (Lipinski definition) is 3. The number of nitrogens with one attached hydrogen (secondary N) is 2. The molecule has 1 fully saturated rings. The van der Waals surface area contributed by atoms with Gasteiger partial charge in [-0.05, 0) is 31.5 Å². The molecule has 0 spiro atoms. The number of ether oxygens (including phenoxy) is 1. The molecule has 2 N–H and O–H groups in total. The van der Waals surface area contributed by atoms with Crippen LogP contribution in [0.3, 0.4) is 0 Å². The van der Waals surface area contributed by atoms with Gasteiger partial charge in [0.2, 0.25) is 0 Å². The highest BCUT2D eigenvalue weighted by atomic mass is 19.3. The van der Waals surface area contributed by atoms with Crippen molar-refractivity contribution in [3.05, 3.63) is 29.8 Å². The van der Waals surface area contributed by atoms with E-state index in [4.69, 9.17) is 0 Å². The van der Waals surface area contributed by atoms with Crippen LogP contribution in [-0.4, -0.2) is 31.7 Å². The average Bonchev–Trinajstić information content (AvgIpc) is 2.39. The highest BCUT2D eigenvalue weighted by molar-refractivity contribution is 5.97. The predicted molar refractivity (Wildman–Crippen MR) is 66.4 cm³/mol. The third kappa shape index (κ3) is 3.89. The van der Waals surface area contributed by atoms with Gasteiger partial charge in [0.05, 0.1) is 5.56 Å². The summed E-state index contributed by atoms with van der Waals surface area (Å²) < 4.78 is 28.9. The monoisotopic (exact) mass is 270 g/mol. The molecule has 0 radical (unpaired) electrons. The van der Waals surface area contributed by atoms with E-state index < -0.39 is 6.61 Å². The Morgan fingerprint density at radius 3 is 2.89 bits per heavy atom. The molecule has 6 heteroatoms. The average molecular weight is 270 g/mol. The number of hydrogen-bond donors (Lipinski definition) is 2. The molecule has 0 unspecified atom stereocenters. The van der Waals surface area contributed by atoms with Gasteiger partial charge in [0, 0.05) is 12.6 Å². The molecular weight excluding hydrogens is 254 g/mol. The second kappa shape index (κ2) is 6.47. The quantitative estimate of drug-likeness (QED) is 0.876. The molecule has 1 atom stereocenters. The summed E-state index contributed by atoms with van der Waals surface area (Å²) in [6, 6.07) is 6.04. The van der Waals surface area contributed by atoms with Crippen LogP contribution in [0.1, 0.15) is 23.2 Å². The molecule has 1 aliphatic heterocycles. The van der Waals surface area contributed by atoms with Gasteiger partial charge in [0.1, 0.15) is 5.75 Å². The van der Waals surface area contributed by atoms with Gasteiger partial charge in [0.15, 0.2) is 0 Å². The van der Waals surface area contributed by atoms with Gasteiger partial charge in [-0.25, -0.2) is 0 Å². The van der Waals surface area contributed by atoms with Crippen LogP contribution in [0.15, 0.2) is 24.3 Å². The number of halogens is 2. The largest absolute Gasteiger partial charge is 0.434 e. The lowest BCUT2D eigenvalue weighted by atomic mass is 10.1. The predicted octanol–water partition coefficient (Wildman–Crippen LogP) is 1.77. The van der Waals surface area contributed by atoms with E-state index in [0.717, 1.165) is 19.4 Å². The summed E-state index contributed by atoms with van der Waals surface area (Å²) in [7, 11) is 0. The van der Waals surface area contributed by atoms with Crippen LogP contribution in [0.5, 0.6) is 5.75 Å². The second-order valence-corrected chi connectivity index (χ2v) is 4.39. The first kappa shape index (κ1) is 13.7. The minimum Gasteiger partial charge on any atom is -0.434 e. The van der Waals surface area contributed by atoms with Gasteiger partial charge >= 0.3 is 6.61 Å². The maximum atomic E-state index is 12.3. The lowest BCUT2D eigenvalue weighted by molar-refractivity contribution is -0.0501. The Bertz CT molecular complexity index is 434. The topological polar surface area (TPSA) is 50.4 Å². The first-order valence-corrected chi connectivity index (χ1v) is 6.22. The van der Waals surface area contributed by atoms with Crippen molar-refractivity contribution in [2.75, 3.05) is 13.1 Å². The van der Waals surface area contributed by atoms with Gasteiger partial charge in [-0.3, -0.25) is 4.79 Å². The minimum absolute atomic E-state index is 0.0286. The van der Waals surface area contributed by atoms with Crippen molar-refractivity contribution in [1.29, 1.82) is 0 Å². The van der Waals surface area contributed by atoms with Crippen LogP contribution in [0.4, 0.5) is 8.78 Å². The Kier molecular flexibility index (Phi) is 4.68. The minimum atomic E-state index is -2.94. The fraction of sp³-hybridized carbons (Fsp3) is 0.462. The zero-order valence-corrected chi connectivity index (χ0v) is 10.4. The summed E-state index contributed by atoms with van der Waals surface area (Å²) in [6.07, 6.45) is 1.87. The SMILES string of the molecule is O=C(N[C@H]1CCCNC1)c1ccccc1OC(F)F. The van der Waals surface area contributed by atoms with Gasteiger partial charge in [0.25, 0.3) is 5.91 Å². The van der Waals surface area contributed by atoms with Crippen molar-refractivity contribution in [1.82, 2.24) is 10.6 Å². The van der Waals surface area contributed by atoms with E-state index in [2.05, 4.69) is 15.4 Å². The Balaban J connectivity index is 2.05. The summed E-state index contributed by atoms with van der Waals surface area (Å²) in [5.74, 6) is -0.483. The van der Waals surface area contributed by atoms with E-state index in [1.807, 2.05) is 0 Å². The standard InChI is InChI=1S/C13H16F2N2O2/c14-13(15)19-11-6-2-1-5-10(11)12(18)17-9-4-3-7-16-8-9/h1-2,5-6,9,13,16H,3-4,7-8H2,(H,17,18)/t9-/m0/s1. The second-order valence-electron chi connectivity index (χ2n) is 4.39. The van der Waals surface area contributed by atoms with Crippen LogP contribution in [0.25, 0.3) is 0 Å².